The fraction of sp³-hybridized carbons (Fsp3) is 0.391. The second-order valence-corrected chi connectivity index (χ2v) is 11.9. The second kappa shape index (κ2) is 9.25. The molecule has 9 heteroatoms. The van der Waals surface area contributed by atoms with Crippen molar-refractivity contribution in [2.75, 3.05) is 13.3 Å². The molecular formula is C23H28N5O3P. The maximum atomic E-state index is 13.1. The molecule has 2 heterocycles. The fourth-order valence-electron chi connectivity index (χ4n) is 4.26. The van der Waals surface area contributed by atoms with Crippen molar-refractivity contribution in [3.63, 3.8) is 0 Å². The molecule has 2 N–H and O–H groups in total. The number of H-pyrrole nitrogens is 1. The first-order valence-electron chi connectivity index (χ1n) is 10.9. The molecule has 0 unspecified atom stereocenters. The van der Waals surface area contributed by atoms with E-state index in [2.05, 4.69) is 20.4 Å². The average Bonchev–Trinajstić information content (AvgIpc) is 3.32. The zero-order valence-electron chi connectivity index (χ0n) is 18.3. The first-order chi connectivity index (χ1) is 15.3. The SMILES string of the molecule is CP(C)(=O)c1ccc([C@@H](NC(=O)c2cnc(-n3cccn3)[nH]c2=O)C2CCCCC2)cc1. The summed E-state index contributed by atoms with van der Waals surface area (Å²) in [5, 5.41) is 7.93. The summed E-state index contributed by atoms with van der Waals surface area (Å²) in [5.74, 6) is 0.0746. The van der Waals surface area contributed by atoms with Crippen LogP contribution in [0.25, 0.3) is 5.95 Å². The lowest BCUT2D eigenvalue weighted by molar-refractivity contribution is 0.0910. The van der Waals surface area contributed by atoms with Gasteiger partial charge in [-0.15, -0.1) is 0 Å². The molecule has 1 amide bonds. The highest BCUT2D eigenvalue weighted by Crippen LogP contribution is 2.37. The number of hydrogen-bond donors (Lipinski definition) is 2. The predicted molar refractivity (Wildman–Crippen MR) is 124 cm³/mol. The lowest BCUT2D eigenvalue weighted by Gasteiger charge is -2.31. The molecule has 32 heavy (non-hydrogen) atoms. The van der Waals surface area contributed by atoms with Crippen LogP contribution in [0.2, 0.25) is 0 Å². The number of amides is 1. The normalized spacial score (nSPS) is 15.9. The van der Waals surface area contributed by atoms with Gasteiger partial charge in [0.15, 0.2) is 0 Å². The lowest BCUT2D eigenvalue weighted by Crippen LogP contribution is -2.37. The van der Waals surface area contributed by atoms with Gasteiger partial charge in [0, 0.05) is 23.9 Å². The van der Waals surface area contributed by atoms with E-state index >= 15 is 0 Å². The summed E-state index contributed by atoms with van der Waals surface area (Å²) in [6, 6.07) is 9.14. The van der Waals surface area contributed by atoms with E-state index in [9.17, 15) is 14.2 Å². The summed E-state index contributed by atoms with van der Waals surface area (Å²) >= 11 is 0. The molecule has 0 bridgehead atoms. The molecule has 0 aliphatic heterocycles. The Morgan fingerprint density at radius 1 is 1.19 bits per heavy atom. The lowest BCUT2D eigenvalue weighted by atomic mass is 9.81. The third-order valence-corrected chi connectivity index (χ3v) is 7.58. The molecule has 0 spiro atoms. The Morgan fingerprint density at radius 3 is 2.50 bits per heavy atom. The molecule has 168 valence electrons. The van der Waals surface area contributed by atoms with Crippen LogP contribution in [0.5, 0.6) is 0 Å². The van der Waals surface area contributed by atoms with Gasteiger partial charge in [-0.3, -0.25) is 14.6 Å². The highest BCUT2D eigenvalue weighted by molar-refractivity contribution is 7.70. The van der Waals surface area contributed by atoms with Crippen LogP contribution < -0.4 is 16.2 Å². The Balaban J connectivity index is 1.60. The van der Waals surface area contributed by atoms with Crippen molar-refractivity contribution in [3.8, 4) is 5.95 Å². The standard InChI is InChI=1S/C23H28N5O3P/c1-32(2,31)18-11-9-17(10-12-18)20(16-7-4-3-5-8-16)26-21(29)19-15-24-23(27-22(19)30)28-14-6-13-25-28/h6,9-16,20H,3-5,7-8H2,1-2H3,(H,26,29)(H,24,27,30)/t20-/m0/s1. The van der Waals surface area contributed by atoms with E-state index in [1.165, 1.54) is 17.3 Å². The molecular weight excluding hydrogens is 425 g/mol. The van der Waals surface area contributed by atoms with E-state index in [1.54, 1.807) is 31.8 Å². The van der Waals surface area contributed by atoms with Crippen molar-refractivity contribution in [1.82, 2.24) is 25.1 Å². The van der Waals surface area contributed by atoms with Crippen molar-refractivity contribution in [2.24, 2.45) is 5.92 Å². The number of hydrogen-bond acceptors (Lipinski definition) is 5. The van der Waals surface area contributed by atoms with E-state index in [-0.39, 0.29) is 23.5 Å². The number of aromatic amines is 1. The Labute approximate surface area is 186 Å². The summed E-state index contributed by atoms with van der Waals surface area (Å²) in [4.78, 5) is 32.5. The minimum Gasteiger partial charge on any atom is -0.345 e. The van der Waals surface area contributed by atoms with Crippen molar-refractivity contribution in [1.29, 1.82) is 0 Å². The second-order valence-electron chi connectivity index (χ2n) is 8.69. The van der Waals surface area contributed by atoms with Crippen molar-refractivity contribution in [3.05, 3.63) is 70.4 Å². The highest BCUT2D eigenvalue weighted by atomic mass is 31.2. The minimum atomic E-state index is -2.36. The van der Waals surface area contributed by atoms with Gasteiger partial charge in [-0.1, -0.05) is 43.5 Å². The smallest absolute Gasteiger partial charge is 0.265 e. The summed E-state index contributed by atoms with van der Waals surface area (Å²) in [6.07, 6.45) is 9.99. The van der Waals surface area contributed by atoms with Crippen LogP contribution in [0, 0.1) is 5.92 Å². The third kappa shape index (κ3) is 4.91. The predicted octanol–water partition coefficient (Wildman–Crippen LogP) is 3.26. The largest absolute Gasteiger partial charge is 0.345 e. The fourth-order valence-corrected chi connectivity index (χ4v) is 5.13. The molecule has 8 nitrogen and oxygen atoms in total. The molecule has 1 atom stereocenters. The third-order valence-electron chi connectivity index (χ3n) is 6.03. The molecule has 0 radical (unpaired) electrons. The minimum absolute atomic E-state index is 0.0371. The van der Waals surface area contributed by atoms with Crippen LogP contribution in [-0.2, 0) is 4.57 Å². The molecule has 1 aromatic carbocycles. The highest BCUT2D eigenvalue weighted by Gasteiger charge is 2.28. The van der Waals surface area contributed by atoms with Gasteiger partial charge in [0.05, 0.1) is 6.04 Å². The molecule has 1 aliphatic carbocycles. The number of nitrogens with zero attached hydrogens (tertiary/aromatic N) is 3. The maximum Gasteiger partial charge on any atom is 0.265 e. The topological polar surface area (TPSA) is 110 Å². The molecule has 1 saturated carbocycles. The first kappa shape index (κ1) is 22.2. The molecule has 0 saturated heterocycles. The Kier molecular flexibility index (Phi) is 6.42. The molecule has 4 rings (SSSR count). The van der Waals surface area contributed by atoms with Crippen LogP contribution >= 0.6 is 7.14 Å². The Morgan fingerprint density at radius 2 is 1.91 bits per heavy atom. The summed E-state index contributed by atoms with van der Waals surface area (Å²) in [5.41, 5.74) is 0.406. The number of benzene rings is 1. The maximum absolute atomic E-state index is 13.1. The number of nitrogens with one attached hydrogen (secondary N) is 2. The molecule has 2 aromatic heterocycles. The zero-order chi connectivity index (χ0) is 22.7. The van der Waals surface area contributed by atoms with Gasteiger partial charge in [-0.25, -0.2) is 9.67 Å². The number of carbonyl (C=O) groups excluding carboxylic acids is 1. The summed E-state index contributed by atoms with van der Waals surface area (Å²) in [7, 11) is -2.36. The van der Waals surface area contributed by atoms with Crippen LogP contribution in [0.4, 0.5) is 0 Å². The monoisotopic (exact) mass is 453 g/mol. The van der Waals surface area contributed by atoms with Crippen LogP contribution in [-0.4, -0.2) is 39.0 Å². The van der Waals surface area contributed by atoms with E-state index < -0.39 is 18.6 Å². The van der Waals surface area contributed by atoms with E-state index in [1.807, 2.05) is 24.3 Å². The zero-order valence-corrected chi connectivity index (χ0v) is 19.2. The van der Waals surface area contributed by atoms with Gasteiger partial charge in [0.1, 0.15) is 12.7 Å². The summed E-state index contributed by atoms with van der Waals surface area (Å²) < 4.78 is 13.8. The first-order valence-corrected chi connectivity index (χ1v) is 13.5. The van der Waals surface area contributed by atoms with Gasteiger partial charge < -0.3 is 9.88 Å². The van der Waals surface area contributed by atoms with Crippen LogP contribution in [0.1, 0.15) is 54.1 Å². The van der Waals surface area contributed by atoms with Crippen LogP contribution in [0.3, 0.4) is 0 Å². The Hall–Kier alpha value is -2.99. The van der Waals surface area contributed by atoms with E-state index in [0.29, 0.717) is 0 Å². The van der Waals surface area contributed by atoms with Gasteiger partial charge in [-0.2, -0.15) is 5.10 Å². The summed E-state index contributed by atoms with van der Waals surface area (Å²) in [6.45, 7) is 3.49. The van der Waals surface area contributed by atoms with Gasteiger partial charge >= 0.3 is 0 Å². The van der Waals surface area contributed by atoms with Gasteiger partial charge in [-0.05, 0) is 43.7 Å². The number of aromatic nitrogens is 4. The van der Waals surface area contributed by atoms with Crippen molar-refractivity contribution >= 4 is 18.4 Å². The Bertz CT molecular complexity index is 1180. The van der Waals surface area contributed by atoms with Crippen LogP contribution in [0.15, 0.2) is 53.7 Å². The molecule has 1 fully saturated rings. The van der Waals surface area contributed by atoms with Gasteiger partial charge in [0.25, 0.3) is 11.5 Å². The van der Waals surface area contributed by atoms with Gasteiger partial charge in [0.2, 0.25) is 5.95 Å². The van der Waals surface area contributed by atoms with Crippen molar-refractivity contribution < 1.29 is 9.36 Å². The number of carbonyl (C=O) groups is 1. The average molecular weight is 453 g/mol. The van der Waals surface area contributed by atoms with E-state index in [4.69, 9.17) is 0 Å². The molecule has 3 aromatic rings. The quantitative estimate of drug-likeness (QED) is 0.557. The number of rotatable bonds is 6. The van der Waals surface area contributed by atoms with E-state index in [0.717, 1.165) is 36.6 Å². The van der Waals surface area contributed by atoms with Crippen molar-refractivity contribution in [2.45, 2.75) is 38.1 Å². The molecule has 1 aliphatic rings.